The molecule has 2 amide bonds. The number of hydrogen-bond donors (Lipinski definition) is 2. The Kier molecular flexibility index (Phi) is 8.07. The summed E-state index contributed by atoms with van der Waals surface area (Å²) in [6.07, 6.45) is 4.48. The number of amides is 2. The molecule has 3 fully saturated rings. The first-order valence-electron chi connectivity index (χ1n) is 14.1. The van der Waals surface area contributed by atoms with E-state index in [1.54, 1.807) is 16.7 Å². The molecule has 3 aliphatic rings. The SMILES string of the molecule is CO[C@@H]1C[C@@H](CNC(=O)[C@@H]2C[C@@H](O)CN2C(=O)[C@@H](n2cc(C3CC3)nn2)C(C)(C)C)N(Cc2ccccc2)C1. The van der Waals surface area contributed by atoms with Gasteiger partial charge in [-0.05, 0) is 30.2 Å². The van der Waals surface area contributed by atoms with Crippen LogP contribution in [-0.2, 0) is 20.9 Å². The van der Waals surface area contributed by atoms with E-state index in [0.717, 1.165) is 38.0 Å². The summed E-state index contributed by atoms with van der Waals surface area (Å²) in [6.45, 7) is 8.13. The molecule has 5 rings (SSSR count). The second-order valence-corrected chi connectivity index (χ2v) is 12.5. The zero-order chi connectivity index (χ0) is 27.7. The summed E-state index contributed by atoms with van der Waals surface area (Å²) in [7, 11) is 1.73. The molecule has 2 saturated heterocycles. The lowest BCUT2D eigenvalue weighted by molar-refractivity contribution is -0.144. The van der Waals surface area contributed by atoms with Gasteiger partial charge in [0, 0.05) is 57.9 Å². The molecule has 39 heavy (non-hydrogen) atoms. The van der Waals surface area contributed by atoms with Crippen LogP contribution in [-0.4, -0.2) is 92.8 Å². The van der Waals surface area contributed by atoms with E-state index in [9.17, 15) is 14.7 Å². The lowest BCUT2D eigenvalue weighted by Gasteiger charge is -2.34. The molecule has 0 bridgehead atoms. The fourth-order valence-corrected chi connectivity index (χ4v) is 5.99. The number of carbonyl (C=O) groups is 2. The van der Waals surface area contributed by atoms with Crippen LogP contribution in [0.3, 0.4) is 0 Å². The van der Waals surface area contributed by atoms with E-state index in [1.165, 1.54) is 5.56 Å². The van der Waals surface area contributed by atoms with Crippen LogP contribution < -0.4 is 5.32 Å². The van der Waals surface area contributed by atoms with Crippen molar-refractivity contribution in [3.8, 4) is 0 Å². The molecule has 2 N–H and O–H groups in total. The van der Waals surface area contributed by atoms with E-state index in [4.69, 9.17) is 4.74 Å². The largest absolute Gasteiger partial charge is 0.391 e. The Labute approximate surface area is 230 Å². The van der Waals surface area contributed by atoms with Crippen LogP contribution in [0.1, 0.15) is 69.7 Å². The maximum atomic E-state index is 14.0. The highest BCUT2D eigenvalue weighted by Crippen LogP contribution is 2.40. The average molecular weight is 539 g/mol. The summed E-state index contributed by atoms with van der Waals surface area (Å²) >= 11 is 0. The summed E-state index contributed by atoms with van der Waals surface area (Å²) in [5.41, 5.74) is 1.67. The predicted molar refractivity (Wildman–Crippen MR) is 146 cm³/mol. The van der Waals surface area contributed by atoms with E-state index in [-0.39, 0.29) is 36.9 Å². The van der Waals surface area contributed by atoms with Gasteiger partial charge in [-0.1, -0.05) is 56.3 Å². The van der Waals surface area contributed by atoms with Gasteiger partial charge in [-0.2, -0.15) is 0 Å². The Morgan fingerprint density at radius 2 is 1.90 bits per heavy atom. The molecule has 0 spiro atoms. The zero-order valence-electron chi connectivity index (χ0n) is 23.5. The minimum absolute atomic E-state index is 0.109. The van der Waals surface area contributed by atoms with Gasteiger partial charge >= 0.3 is 0 Å². The molecule has 3 heterocycles. The Hall–Kier alpha value is -2.82. The van der Waals surface area contributed by atoms with Gasteiger partial charge in [0.15, 0.2) is 0 Å². The number of hydrogen-bond acceptors (Lipinski definition) is 7. The van der Waals surface area contributed by atoms with E-state index in [0.29, 0.717) is 12.5 Å². The van der Waals surface area contributed by atoms with Crippen molar-refractivity contribution in [1.29, 1.82) is 0 Å². The highest BCUT2D eigenvalue weighted by Gasteiger charge is 2.45. The van der Waals surface area contributed by atoms with Gasteiger partial charge in [0.05, 0.1) is 17.9 Å². The number of benzene rings is 1. The first kappa shape index (κ1) is 27.7. The Balaban J connectivity index is 1.27. The number of carbonyl (C=O) groups excluding carboxylic acids is 2. The lowest BCUT2D eigenvalue weighted by Crippen LogP contribution is -2.51. The molecular formula is C29H42N6O4. The lowest BCUT2D eigenvalue weighted by atomic mass is 9.85. The quantitative estimate of drug-likeness (QED) is 0.503. The van der Waals surface area contributed by atoms with Crippen LogP contribution in [0.25, 0.3) is 0 Å². The van der Waals surface area contributed by atoms with Crippen LogP contribution in [0.4, 0.5) is 0 Å². The molecular weight excluding hydrogens is 496 g/mol. The average Bonchev–Trinajstić information content (AvgIpc) is 3.31. The standard InChI is InChI=1S/C29H42N6O4/c1-29(2,3)26(35-18-24(31-32-35)20-10-11-20)28(38)34-16-22(36)13-25(34)27(37)30-14-21-12-23(39-4)17-33(21)15-19-8-6-5-7-9-19/h5-9,18,20-23,25-26,36H,10-17H2,1-4H3,(H,30,37)/t21-,22+,23+,25-,26+/m0/s1. The fraction of sp³-hybridized carbons (Fsp3) is 0.655. The summed E-state index contributed by atoms with van der Waals surface area (Å²) in [4.78, 5) is 31.3. The molecule has 1 saturated carbocycles. The fourth-order valence-electron chi connectivity index (χ4n) is 5.99. The third-order valence-electron chi connectivity index (χ3n) is 8.27. The van der Waals surface area contributed by atoms with Crippen molar-refractivity contribution >= 4 is 11.8 Å². The van der Waals surface area contributed by atoms with Crippen molar-refractivity contribution in [3.63, 3.8) is 0 Å². The van der Waals surface area contributed by atoms with Crippen LogP contribution in [0.15, 0.2) is 36.5 Å². The Bertz CT molecular complexity index is 1140. The first-order valence-corrected chi connectivity index (χ1v) is 14.1. The molecule has 0 radical (unpaired) electrons. The molecule has 1 aromatic carbocycles. The number of likely N-dealkylation sites (tertiary alicyclic amines) is 2. The number of rotatable bonds is 9. The van der Waals surface area contributed by atoms with Gasteiger partial charge in [-0.15, -0.1) is 5.10 Å². The number of aromatic nitrogens is 3. The third kappa shape index (κ3) is 6.34. The highest BCUT2D eigenvalue weighted by atomic mass is 16.5. The van der Waals surface area contributed by atoms with Crippen molar-refractivity contribution in [1.82, 2.24) is 30.1 Å². The predicted octanol–water partition coefficient (Wildman–Crippen LogP) is 2.11. The minimum Gasteiger partial charge on any atom is -0.391 e. The van der Waals surface area contributed by atoms with Crippen molar-refractivity contribution in [3.05, 3.63) is 47.8 Å². The van der Waals surface area contributed by atoms with Crippen LogP contribution in [0.2, 0.25) is 0 Å². The maximum Gasteiger partial charge on any atom is 0.248 e. The van der Waals surface area contributed by atoms with Crippen molar-refractivity contribution in [2.45, 2.75) is 89.3 Å². The van der Waals surface area contributed by atoms with Gasteiger partial charge in [-0.3, -0.25) is 14.5 Å². The molecule has 2 aliphatic heterocycles. The molecule has 0 unspecified atom stereocenters. The number of nitrogens with zero attached hydrogens (tertiary/aromatic N) is 5. The minimum atomic E-state index is -0.748. The topological polar surface area (TPSA) is 113 Å². The van der Waals surface area contributed by atoms with E-state index in [1.807, 2.05) is 45.2 Å². The monoisotopic (exact) mass is 538 g/mol. The first-order chi connectivity index (χ1) is 18.6. The van der Waals surface area contributed by atoms with Gasteiger partial charge in [0.2, 0.25) is 11.8 Å². The van der Waals surface area contributed by atoms with Gasteiger partial charge in [0.1, 0.15) is 12.1 Å². The second kappa shape index (κ2) is 11.3. The molecule has 10 heteroatoms. The normalized spacial score (nSPS) is 26.6. The number of methoxy groups -OCH3 is 1. The Morgan fingerprint density at radius 3 is 2.56 bits per heavy atom. The number of aliphatic hydroxyl groups excluding tert-OH is 1. The van der Waals surface area contributed by atoms with Crippen molar-refractivity contribution < 1.29 is 19.4 Å². The molecule has 2 aromatic rings. The maximum absolute atomic E-state index is 14.0. The van der Waals surface area contributed by atoms with Gasteiger partial charge in [-0.25, -0.2) is 4.68 Å². The molecule has 10 nitrogen and oxygen atoms in total. The molecule has 1 aromatic heterocycles. The van der Waals surface area contributed by atoms with Crippen molar-refractivity contribution in [2.24, 2.45) is 5.41 Å². The van der Waals surface area contributed by atoms with E-state index in [2.05, 4.69) is 32.7 Å². The molecule has 1 aliphatic carbocycles. The summed E-state index contributed by atoms with van der Waals surface area (Å²) in [5, 5.41) is 22.3. The number of ether oxygens (including phenoxy) is 1. The van der Waals surface area contributed by atoms with E-state index < -0.39 is 23.6 Å². The smallest absolute Gasteiger partial charge is 0.248 e. The number of nitrogens with one attached hydrogen (secondary N) is 1. The molecule has 5 atom stereocenters. The van der Waals surface area contributed by atoms with E-state index >= 15 is 0 Å². The van der Waals surface area contributed by atoms with Gasteiger partial charge < -0.3 is 20.1 Å². The third-order valence-corrected chi connectivity index (χ3v) is 8.27. The van der Waals surface area contributed by atoms with Crippen LogP contribution in [0, 0.1) is 5.41 Å². The number of β-amino-alcohol motifs (C(OH)–C–C–N with tert-alkyl or cyclic N) is 1. The Morgan fingerprint density at radius 1 is 1.15 bits per heavy atom. The second-order valence-electron chi connectivity index (χ2n) is 12.5. The summed E-state index contributed by atoms with van der Waals surface area (Å²) < 4.78 is 7.30. The number of aliphatic hydroxyl groups is 1. The zero-order valence-corrected chi connectivity index (χ0v) is 23.5. The summed E-state index contributed by atoms with van der Waals surface area (Å²) in [5.74, 6) is -0.0147. The van der Waals surface area contributed by atoms with Gasteiger partial charge in [0.25, 0.3) is 0 Å². The van der Waals surface area contributed by atoms with Crippen LogP contribution >= 0.6 is 0 Å². The molecule has 212 valence electrons. The highest BCUT2D eigenvalue weighted by molar-refractivity contribution is 5.90. The van der Waals surface area contributed by atoms with Crippen LogP contribution in [0.5, 0.6) is 0 Å². The summed E-state index contributed by atoms with van der Waals surface area (Å²) in [6, 6.07) is 9.04. The van der Waals surface area contributed by atoms with Crippen molar-refractivity contribution in [2.75, 3.05) is 26.7 Å².